The van der Waals surface area contributed by atoms with E-state index in [4.69, 9.17) is 0 Å². The molecule has 3 heterocycles. The topological polar surface area (TPSA) is 71.8 Å². The summed E-state index contributed by atoms with van der Waals surface area (Å²) in [6.07, 6.45) is 4.84. The number of nitrogens with zero attached hydrogens (tertiary/aromatic N) is 6. The number of aromatic nitrogens is 5. The zero-order chi connectivity index (χ0) is 14.7. The van der Waals surface area contributed by atoms with Crippen molar-refractivity contribution < 1.29 is 0 Å². The maximum atomic E-state index is 4.65. The van der Waals surface area contributed by atoms with Gasteiger partial charge in [0.05, 0.1) is 6.54 Å². The van der Waals surface area contributed by atoms with E-state index in [1.165, 1.54) is 0 Å². The highest BCUT2D eigenvalue weighted by atomic mass is 15.4. The zero-order valence-corrected chi connectivity index (χ0v) is 12.6. The van der Waals surface area contributed by atoms with Crippen LogP contribution in [0.1, 0.15) is 30.4 Å². The number of nitrogens with one attached hydrogen (secondary N) is 1. The summed E-state index contributed by atoms with van der Waals surface area (Å²) < 4.78 is 2.08. The molecule has 112 valence electrons. The van der Waals surface area contributed by atoms with Gasteiger partial charge < -0.3 is 14.8 Å². The highest BCUT2D eigenvalue weighted by molar-refractivity contribution is 5.34. The lowest BCUT2D eigenvalue weighted by molar-refractivity contribution is 0.550. The molecule has 0 fully saturated rings. The van der Waals surface area contributed by atoms with Gasteiger partial charge in [-0.25, -0.2) is 9.97 Å². The largest absolute Gasteiger partial charge is 0.331 e. The molecule has 0 saturated carbocycles. The van der Waals surface area contributed by atoms with Crippen LogP contribution in [0.5, 0.6) is 0 Å². The van der Waals surface area contributed by atoms with Crippen molar-refractivity contribution in [3.05, 3.63) is 29.6 Å². The Morgan fingerprint density at radius 1 is 1.33 bits per heavy atom. The first-order valence-electron chi connectivity index (χ1n) is 7.42. The average Bonchev–Trinajstić information content (AvgIpc) is 2.96. The Hall–Kier alpha value is -2.02. The molecular formula is C14H21N7. The molecule has 0 unspecified atom stereocenters. The Kier molecular flexibility index (Phi) is 4.10. The van der Waals surface area contributed by atoms with Gasteiger partial charge in [0.25, 0.3) is 0 Å². The van der Waals surface area contributed by atoms with E-state index in [0.29, 0.717) is 6.54 Å². The Bertz CT molecular complexity index is 607. The molecule has 1 aliphatic heterocycles. The van der Waals surface area contributed by atoms with Gasteiger partial charge >= 0.3 is 0 Å². The minimum absolute atomic E-state index is 0.715. The summed E-state index contributed by atoms with van der Waals surface area (Å²) in [5.74, 6) is 1.75. The number of hydrogen-bond donors (Lipinski definition) is 1. The molecule has 7 heteroatoms. The van der Waals surface area contributed by atoms with Gasteiger partial charge in [0.15, 0.2) is 5.82 Å². The molecule has 0 bridgehead atoms. The Morgan fingerprint density at radius 2 is 2.24 bits per heavy atom. The van der Waals surface area contributed by atoms with Gasteiger partial charge in [0.2, 0.25) is 5.95 Å². The van der Waals surface area contributed by atoms with E-state index < -0.39 is 0 Å². The molecule has 2 aromatic rings. The summed E-state index contributed by atoms with van der Waals surface area (Å²) in [4.78, 5) is 11.3. The Balaban J connectivity index is 1.71. The van der Waals surface area contributed by atoms with Crippen LogP contribution in [0, 0.1) is 6.92 Å². The van der Waals surface area contributed by atoms with Crippen LogP contribution in [0.15, 0.2) is 12.5 Å². The molecule has 0 spiro atoms. The van der Waals surface area contributed by atoms with Crippen LogP contribution < -0.4 is 10.2 Å². The maximum absolute atomic E-state index is 4.65. The quantitative estimate of drug-likeness (QED) is 0.824. The Labute approximate surface area is 124 Å². The number of aryl methyl sites for hydroxylation is 1. The summed E-state index contributed by atoms with van der Waals surface area (Å²) in [6.45, 7) is 8.53. The second kappa shape index (κ2) is 6.17. The lowest BCUT2D eigenvalue weighted by atomic mass is 10.2. The van der Waals surface area contributed by atoms with Crippen LogP contribution in [-0.4, -0.2) is 37.8 Å². The monoisotopic (exact) mass is 287 g/mol. The van der Waals surface area contributed by atoms with Crippen molar-refractivity contribution in [2.45, 2.75) is 39.9 Å². The minimum Gasteiger partial charge on any atom is -0.331 e. The first kappa shape index (κ1) is 13.9. The van der Waals surface area contributed by atoms with Crippen LogP contribution >= 0.6 is 0 Å². The predicted molar refractivity (Wildman–Crippen MR) is 79.8 cm³/mol. The second-order valence-electron chi connectivity index (χ2n) is 5.32. The summed E-state index contributed by atoms with van der Waals surface area (Å²) in [7, 11) is 0. The van der Waals surface area contributed by atoms with E-state index in [1.54, 1.807) is 6.33 Å². The van der Waals surface area contributed by atoms with Crippen molar-refractivity contribution in [1.29, 1.82) is 0 Å². The second-order valence-corrected chi connectivity index (χ2v) is 5.32. The van der Waals surface area contributed by atoms with Crippen molar-refractivity contribution in [3.63, 3.8) is 0 Å². The summed E-state index contributed by atoms with van der Waals surface area (Å²) >= 11 is 0. The Morgan fingerprint density at radius 3 is 3.05 bits per heavy atom. The predicted octanol–water partition coefficient (Wildman–Crippen LogP) is 0.896. The molecule has 2 aromatic heterocycles. The molecule has 1 N–H and O–H groups in total. The molecular weight excluding hydrogens is 266 g/mol. The van der Waals surface area contributed by atoms with Crippen LogP contribution in [-0.2, 0) is 19.6 Å². The van der Waals surface area contributed by atoms with Gasteiger partial charge in [-0.15, -0.1) is 10.2 Å². The molecule has 0 atom stereocenters. The third kappa shape index (κ3) is 3.02. The van der Waals surface area contributed by atoms with E-state index in [0.717, 1.165) is 55.6 Å². The van der Waals surface area contributed by atoms with Gasteiger partial charge in [-0.1, -0.05) is 6.92 Å². The molecule has 7 nitrogen and oxygen atoms in total. The molecule has 0 aliphatic carbocycles. The minimum atomic E-state index is 0.715. The summed E-state index contributed by atoms with van der Waals surface area (Å²) in [5, 5.41) is 11.5. The highest BCUT2D eigenvalue weighted by Gasteiger charge is 2.20. The highest BCUT2D eigenvalue weighted by Crippen LogP contribution is 2.17. The molecule has 3 rings (SSSR count). The standard InChI is InChI=1S/C14H21N7/c1-3-4-15-7-12-8-16-14(18-11(12)2)20-5-6-21-10-17-19-13(21)9-20/h8,10,15H,3-7,9H2,1-2H3. The maximum Gasteiger partial charge on any atom is 0.225 e. The number of hydrogen-bond acceptors (Lipinski definition) is 6. The number of fused-ring (bicyclic) bond motifs is 1. The van der Waals surface area contributed by atoms with E-state index in [9.17, 15) is 0 Å². The smallest absolute Gasteiger partial charge is 0.225 e. The number of anilines is 1. The van der Waals surface area contributed by atoms with Crippen LogP contribution in [0.2, 0.25) is 0 Å². The lowest BCUT2D eigenvalue weighted by Crippen LogP contribution is -2.35. The third-order valence-corrected chi connectivity index (χ3v) is 3.73. The molecule has 0 aromatic carbocycles. The van der Waals surface area contributed by atoms with Crippen LogP contribution in [0.3, 0.4) is 0 Å². The van der Waals surface area contributed by atoms with Crippen LogP contribution in [0.25, 0.3) is 0 Å². The summed E-state index contributed by atoms with van der Waals surface area (Å²) in [5.41, 5.74) is 2.20. The average molecular weight is 287 g/mol. The molecule has 0 radical (unpaired) electrons. The van der Waals surface area contributed by atoms with Gasteiger partial charge in [0, 0.05) is 37.1 Å². The van der Waals surface area contributed by atoms with Gasteiger partial charge in [-0.2, -0.15) is 0 Å². The fourth-order valence-corrected chi connectivity index (χ4v) is 2.44. The van der Waals surface area contributed by atoms with E-state index >= 15 is 0 Å². The number of rotatable bonds is 5. The molecule has 0 saturated heterocycles. The van der Waals surface area contributed by atoms with Crippen molar-refractivity contribution in [1.82, 2.24) is 30.0 Å². The molecule has 1 aliphatic rings. The SMILES string of the molecule is CCCNCc1cnc(N2CCn3cnnc3C2)nc1C. The van der Waals surface area contributed by atoms with E-state index in [-0.39, 0.29) is 0 Å². The van der Waals surface area contributed by atoms with Gasteiger partial charge in [-0.05, 0) is 19.9 Å². The van der Waals surface area contributed by atoms with E-state index in [1.807, 2.05) is 13.1 Å². The fraction of sp³-hybridized carbons (Fsp3) is 0.571. The normalized spacial score (nSPS) is 14.3. The first-order chi connectivity index (χ1) is 10.3. The lowest BCUT2D eigenvalue weighted by Gasteiger charge is -2.27. The van der Waals surface area contributed by atoms with Gasteiger partial charge in [-0.3, -0.25) is 0 Å². The van der Waals surface area contributed by atoms with Gasteiger partial charge in [0.1, 0.15) is 6.33 Å². The van der Waals surface area contributed by atoms with Crippen molar-refractivity contribution in [2.75, 3.05) is 18.0 Å². The molecule has 21 heavy (non-hydrogen) atoms. The molecule has 0 amide bonds. The fourth-order valence-electron chi connectivity index (χ4n) is 2.44. The van der Waals surface area contributed by atoms with Crippen LogP contribution in [0.4, 0.5) is 5.95 Å². The van der Waals surface area contributed by atoms with Crippen molar-refractivity contribution >= 4 is 5.95 Å². The van der Waals surface area contributed by atoms with Crippen molar-refractivity contribution in [3.8, 4) is 0 Å². The summed E-state index contributed by atoms with van der Waals surface area (Å²) in [6, 6.07) is 0. The first-order valence-corrected chi connectivity index (χ1v) is 7.42. The third-order valence-electron chi connectivity index (χ3n) is 3.73. The van der Waals surface area contributed by atoms with E-state index in [2.05, 4.69) is 41.9 Å². The zero-order valence-electron chi connectivity index (χ0n) is 12.6. The van der Waals surface area contributed by atoms with Crippen molar-refractivity contribution in [2.24, 2.45) is 0 Å².